The van der Waals surface area contributed by atoms with Gasteiger partial charge in [-0.15, -0.1) is 0 Å². The lowest BCUT2D eigenvalue weighted by atomic mass is 10.1. The number of pyridine rings is 1. The lowest BCUT2D eigenvalue weighted by Crippen LogP contribution is -1.89. The zero-order valence-corrected chi connectivity index (χ0v) is 6.97. The maximum absolute atomic E-state index is 12.8. The third-order valence-corrected chi connectivity index (χ3v) is 1.54. The van der Waals surface area contributed by atoms with Crippen LogP contribution in [-0.4, -0.2) is 4.98 Å². The zero-order chi connectivity index (χ0) is 9.14. The van der Waals surface area contributed by atoms with Crippen molar-refractivity contribution >= 4 is 11.9 Å². The van der Waals surface area contributed by atoms with Gasteiger partial charge in [0.05, 0.1) is 5.69 Å². The first kappa shape index (κ1) is 8.65. The molecule has 0 aliphatic rings. The van der Waals surface area contributed by atoms with E-state index in [9.17, 15) is 4.39 Å². The van der Waals surface area contributed by atoms with Gasteiger partial charge in [-0.25, -0.2) is 4.39 Å². The summed E-state index contributed by atoms with van der Waals surface area (Å²) in [4.78, 5) is 4.00. The highest BCUT2D eigenvalue weighted by Crippen LogP contribution is 2.18. The average Bonchev–Trinajstić information content (AvgIpc) is 2.04. The quantitative estimate of drug-likeness (QED) is 0.653. The second-order valence-electron chi connectivity index (χ2n) is 2.55. The predicted molar refractivity (Wildman–Crippen MR) is 49.2 cm³/mol. The third-order valence-electron chi connectivity index (χ3n) is 1.54. The largest absolute Gasteiger partial charge is 0.256 e. The van der Waals surface area contributed by atoms with Crippen LogP contribution in [0.1, 0.15) is 16.8 Å². The van der Waals surface area contributed by atoms with Crippen LogP contribution in [0, 0.1) is 6.92 Å². The van der Waals surface area contributed by atoms with Gasteiger partial charge in [0.1, 0.15) is 5.83 Å². The van der Waals surface area contributed by atoms with Crippen molar-refractivity contribution in [1.82, 2.24) is 4.98 Å². The van der Waals surface area contributed by atoms with Crippen LogP contribution in [0.2, 0.25) is 0 Å². The van der Waals surface area contributed by atoms with Crippen LogP contribution in [-0.2, 0) is 0 Å². The summed E-state index contributed by atoms with van der Waals surface area (Å²) in [6, 6.07) is 1.70. The van der Waals surface area contributed by atoms with E-state index in [0.29, 0.717) is 11.3 Å². The Bertz CT molecular complexity index is 329. The van der Waals surface area contributed by atoms with Crippen LogP contribution >= 0.6 is 0 Å². The summed E-state index contributed by atoms with van der Waals surface area (Å²) in [5.41, 5.74) is 1.87. The molecule has 62 valence electrons. The molecular formula is C10H10FN. The molecule has 0 saturated carbocycles. The molecule has 0 unspecified atom stereocenters. The number of aromatic nitrogens is 1. The van der Waals surface area contributed by atoms with Crippen LogP contribution in [0.5, 0.6) is 0 Å². The fourth-order valence-corrected chi connectivity index (χ4v) is 0.960. The molecule has 0 aliphatic heterocycles. The number of nitrogens with zero attached hydrogens (tertiary/aromatic N) is 1. The van der Waals surface area contributed by atoms with E-state index in [0.717, 1.165) is 5.56 Å². The summed E-state index contributed by atoms with van der Waals surface area (Å²) in [6.07, 6.45) is 3.18. The molecule has 12 heavy (non-hydrogen) atoms. The van der Waals surface area contributed by atoms with Gasteiger partial charge in [-0.2, -0.15) is 0 Å². The highest BCUT2D eigenvalue weighted by atomic mass is 19.1. The van der Waals surface area contributed by atoms with Gasteiger partial charge in [0.2, 0.25) is 0 Å². The monoisotopic (exact) mass is 163 g/mol. The molecule has 0 aliphatic carbocycles. The minimum absolute atomic E-state index is 0.421. The number of rotatable bonds is 2. The van der Waals surface area contributed by atoms with Crippen LogP contribution < -0.4 is 0 Å². The third kappa shape index (κ3) is 1.59. The Kier molecular flexibility index (Phi) is 2.38. The molecule has 0 amide bonds. The van der Waals surface area contributed by atoms with Crippen molar-refractivity contribution in [2.75, 3.05) is 0 Å². The van der Waals surface area contributed by atoms with Gasteiger partial charge in [0.15, 0.2) is 0 Å². The second-order valence-corrected chi connectivity index (χ2v) is 2.55. The smallest absolute Gasteiger partial charge is 0.125 e. The number of hydrogen-bond donors (Lipinski definition) is 0. The molecule has 1 nitrogen and oxygen atoms in total. The molecular weight excluding hydrogens is 153 g/mol. The van der Waals surface area contributed by atoms with E-state index in [1.165, 1.54) is 6.08 Å². The molecule has 1 aromatic rings. The van der Waals surface area contributed by atoms with Gasteiger partial charge >= 0.3 is 0 Å². The maximum atomic E-state index is 12.8. The Morgan fingerprint density at radius 1 is 1.67 bits per heavy atom. The minimum atomic E-state index is -0.471. The molecule has 2 heteroatoms. The van der Waals surface area contributed by atoms with Gasteiger partial charge in [-0.05, 0) is 24.6 Å². The molecule has 0 bridgehead atoms. The molecule has 0 spiro atoms. The fraction of sp³-hybridized carbons (Fsp3) is 0.100. The standard InChI is InChI=1S/C10H10FN/c1-4-10-9(8(3)11)5-7(2)6-12-10/h4-6H,1,3H2,2H3. The minimum Gasteiger partial charge on any atom is -0.256 e. The van der Waals surface area contributed by atoms with Crippen molar-refractivity contribution < 1.29 is 4.39 Å². The SMILES string of the molecule is C=Cc1ncc(C)cc1C(=C)F. The molecule has 0 N–H and O–H groups in total. The summed E-state index contributed by atoms with van der Waals surface area (Å²) in [5.74, 6) is -0.471. The first-order chi connectivity index (χ1) is 5.65. The van der Waals surface area contributed by atoms with Gasteiger partial charge < -0.3 is 0 Å². The van der Waals surface area contributed by atoms with Crippen LogP contribution in [0.15, 0.2) is 25.4 Å². The van der Waals surface area contributed by atoms with Gasteiger partial charge in [-0.3, -0.25) is 4.98 Å². The fourth-order valence-electron chi connectivity index (χ4n) is 0.960. The molecule has 0 fully saturated rings. The Morgan fingerprint density at radius 2 is 2.33 bits per heavy atom. The van der Waals surface area contributed by atoms with Gasteiger partial charge in [-0.1, -0.05) is 13.2 Å². The lowest BCUT2D eigenvalue weighted by molar-refractivity contribution is 0.761. The van der Waals surface area contributed by atoms with Crippen LogP contribution in [0.4, 0.5) is 4.39 Å². The molecule has 0 atom stereocenters. The molecule has 1 heterocycles. The molecule has 0 saturated heterocycles. The molecule has 0 radical (unpaired) electrons. The topological polar surface area (TPSA) is 12.9 Å². The number of hydrogen-bond acceptors (Lipinski definition) is 1. The highest BCUT2D eigenvalue weighted by molar-refractivity contribution is 5.66. The van der Waals surface area contributed by atoms with Gasteiger partial charge in [0.25, 0.3) is 0 Å². The average molecular weight is 163 g/mol. The van der Waals surface area contributed by atoms with Crippen LogP contribution in [0.25, 0.3) is 11.9 Å². The Morgan fingerprint density at radius 3 is 2.83 bits per heavy atom. The maximum Gasteiger partial charge on any atom is 0.125 e. The number of aryl methyl sites for hydroxylation is 1. The van der Waals surface area contributed by atoms with E-state index >= 15 is 0 Å². The van der Waals surface area contributed by atoms with Crippen molar-refractivity contribution in [2.45, 2.75) is 6.92 Å². The first-order valence-corrected chi connectivity index (χ1v) is 3.59. The summed E-state index contributed by atoms with van der Waals surface area (Å²) in [5, 5.41) is 0. The Hall–Kier alpha value is -1.44. The van der Waals surface area contributed by atoms with Crippen molar-refractivity contribution in [3.63, 3.8) is 0 Å². The summed E-state index contributed by atoms with van der Waals surface area (Å²) in [7, 11) is 0. The molecule has 1 aromatic heterocycles. The summed E-state index contributed by atoms with van der Waals surface area (Å²) < 4.78 is 12.8. The lowest BCUT2D eigenvalue weighted by Gasteiger charge is -2.02. The van der Waals surface area contributed by atoms with Crippen molar-refractivity contribution in [1.29, 1.82) is 0 Å². The first-order valence-electron chi connectivity index (χ1n) is 3.59. The second kappa shape index (κ2) is 3.30. The van der Waals surface area contributed by atoms with Crippen molar-refractivity contribution in [2.24, 2.45) is 0 Å². The summed E-state index contributed by atoms with van der Waals surface area (Å²) >= 11 is 0. The molecule has 1 rings (SSSR count). The number of halogens is 1. The highest BCUT2D eigenvalue weighted by Gasteiger charge is 2.03. The van der Waals surface area contributed by atoms with E-state index in [1.54, 1.807) is 12.3 Å². The van der Waals surface area contributed by atoms with E-state index in [-0.39, 0.29) is 0 Å². The van der Waals surface area contributed by atoms with E-state index in [4.69, 9.17) is 0 Å². The van der Waals surface area contributed by atoms with Crippen molar-refractivity contribution in [3.05, 3.63) is 42.2 Å². The Labute approximate surface area is 71.3 Å². The van der Waals surface area contributed by atoms with Gasteiger partial charge in [0, 0.05) is 11.8 Å². The Balaban J connectivity index is 3.30. The zero-order valence-electron chi connectivity index (χ0n) is 6.97. The predicted octanol–water partition coefficient (Wildman–Crippen LogP) is 2.97. The normalized spacial score (nSPS) is 9.50. The molecule has 0 aromatic carbocycles. The van der Waals surface area contributed by atoms with E-state index in [1.807, 2.05) is 6.92 Å². The van der Waals surface area contributed by atoms with Crippen molar-refractivity contribution in [3.8, 4) is 0 Å². The van der Waals surface area contributed by atoms with E-state index < -0.39 is 5.83 Å². The summed E-state index contributed by atoms with van der Waals surface area (Å²) in [6.45, 7) is 8.61. The van der Waals surface area contributed by atoms with E-state index in [2.05, 4.69) is 18.1 Å². The van der Waals surface area contributed by atoms with Crippen LogP contribution in [0.3, 0.4) is 0 Å².